The van der Waals surface area contributed by atoms with Crippen molar-refractivity contribution in [2.45, 2.75) is 32.4 Å². The average Bonchev–Trinajstić information content (AvgIpc) is 2.74. The number of ether oxygens (including phenoxy) is 1. The molecule has 0 aliphatic carbocycles. The van der Waals surface area contributed by atoms with E-state index in [1.54, 1.807) is 13.1 Å². The van der Waals surface area contributed by atoms with Crippen molar-refractivity contribution in [1.82, 2.24) is 19.9 Å². The maximum absolute atomic E-state index is 9.82. The van der Waals surface area contributed by atoms with E-state index < -0.39 is 6.10 Å². The van der Waals surface area contributed by atoms with Crippen LogP contribution in [-0.2, 0) is 4.74 Å². The predicted molar refractivity (Wildman–Crippen MR) is 111 cm³/mol. The quantitative estimate of drug-likeness (QED) is 0.816. The third-order valence-corrected chi connectivity index (χ3v) is 5.46. The fourth-order valence-electron chi connectivity index (χ4n) is 3.92. The van der Waals surface area contributed by atoms with Crippen molar-refractivity contribution >= 4 is 17.6 Å². The van der Waals surface area contributed by atoms with E-state index in [9.17, 15) is 5.11 Å². The lowest BCUT2D eigenvalue weighted by Gasteiger charge is -2.48. The molecule has 156 valence electrons. The Morgan fingerprint density at radius 1 is 0.966 bits per heavy atom. The van der Waals surface area contributed by atoms with Gasteiger partial charge in [-0.1, -0.05) is 0 Å². The molecule has 2 saturated heterocycles. The topological polar surface area (TPSA) is 90.7 Å². The van der Waals surface area contributed by atoms with Gasteiger partial charge in [-0.2, -0.15) is 4.98 Å². The molecule has 2 aromatic heterocycles. The average molecular weight is 399 g/mol. The molecule has 9 heteroatoms. The van der Waals surface area contributed by atoms with Crippen LogP contribution in [0.15, 0.2) is 24.5 Å². The van der Waals surface area contributed by atoms with E-state index in [1.165, 1.54) is 0 Å². The first-order valence-corrected chi connectivity index (χ1v) is 10.1. The van der Waals surface area contributed by atoms with Gasteiger partial charge >= 0.3 is 0 Å². The normalized spacial score (nSPS) is 20.6. The summed E-state index contributed by atoms with van der Waals surface area (Å²) in [5.74, 6) is 3.01. The van der Waals surface area contributed by atoms with E-state index in [2.05, 4.69) is 43.5 Å². The van der Waals surface area contributed by atoms with Crippen molar-refractivity contribution < 1.29 is 9.84 Å². The molecule has 4 rings (SSSR count). The Balaban J connectivity index is 1.51. The molecule has 1 atom stereocenters. The van der Waals surface area contributed by atoms with Crippen molar-refractivity contribution in [2.75, 3.05) is 60.6 Å². The monoisotopic (exact) mass is 399 g/mol. The molecule has 1 N–H and O–H groups in total. The molecule has 0 spiro atoms. The first kappa shape index (κ1) is 19.8. The van der Waals surface area contributed by atoms with Crippen LogP contribution < -0.4 is 14.7 Å². The first-order chi connectivity index (χ1) is 13.9. The van der Waals surface area contributed by atoms with Crippen molar-refractivity contribution in [1.29, 1.82) is 0 Å². The second-order valence-electron chi connectivity index (χ2n) is 8.15. The summed E-state index contributed by atoms with van der Waals surface area (Å²) in [5, 5.41) is 9.82. The summed E-state index contributed by atoms with van der Waals surface area (Å²) in [7, 11) is 0. The van der Waals surface area contributed by atoms with E-state index in [0.29, 0.717) is 19.0 Å². The van der Waals surface area contributed by atoms with Crippen LogP contribution in [0, 0.1) is 0 Å². The lowest BCUT2D eigenvalue weighted by molar-refractivity contribution is 0.122. The maximum atomic E-state index is 9.82. The summed E-state index contributed by atoms with van der Waals surface area (Å²) < 4.78 is 5.43. The molecule has 2 aromatic rings. The lowest BCUT2D eigenvalue weighted by Crippen LogP contribution is -2.60. The van der Waals surface area contributed by atoms with E-state index in [0.717, 1.165) is 50.3 Å². The Hall–Kier alpha value is -2.52. The third kappa shape index (κ3) is 4.25. The highest BCUT2D eigenvalue weighted by Gasteiger charge is 2.35. The Morgan fingerprint density at radius 2 is 1.69 bits per heavy atom. The minimum atomic E-state index is -0.682. The van der Waals surface area contributed by atoms with Gasteiger partial charge in [0.1, 0.15) is 17.7 Å². The molecule has 0 radical (unpaired) electrons. The third-order valence-electron chi connectivity index (χ3n) is 5.46. The lowest BCUT2D eigenvalue weighted by atomic mass is 9.98. The summed E-state index contributed by atoms with van der Waals surface area (Å²) in [5.41, 5.74) is -0.160. The summed E-state index contributed by atoms with van der Waals surface area (Å²) >= 11 is 0. The van der Waals surface area contributed by atoms with Gasteiger partial charge in [-0.3, -0.25) is 0 Å². The fourth-order valence-corrected chi connectivity index (χ4v) is 3.92. The molecule has 0 saturated carbocycles. The Labute approximate surface area is 171 Å². The van der Waals surface area contributed by atoms with Gasteiger partial charge in [0.05, 0.1) is 18.8 Å². The molecular formula is C20H29N7O2. The molecule has 2 aliphatic heterocycles. The Bertz CT molecular complexity index is 839. The molecule has 0 amide bonds. The van der Waals surface area contributed by atoms with Crippen molar-refractivity contribution in [2.24, 2.45) is 0 Å². The smallest absolute Gasteiger partial charge is 0.227 e. The summed E-state index contributed by atoms with van der Waals surface area (Å²) in [4.78, 5) is 24.8. The molecule has 9 nitrogen and oxygen atoms in total. The zero-order valence-corrected chi connectivity index (χ0v) is 17.3. The highest BCUT2D eigenvalue weighted by atomic mass is 16.5. The number of aliphatic hydroxyl groups is 1. The van der Waals surface area contributed by atoms with Gasteiger partial charge in [-0.15, -0.1) is 0 Å². The van der Waals surface area contributed by atoms with Crippen LogP contribution in [0.3, 0.4) is 0 Å². The number of piperazine rings is 1. The zero-order chi connectivity index (χ0) is 20.4. The van der Waals surface area contributed by atoms with Crippen LogP contribution in [0.2, 0.25) is 0 Å². The standard InChI is InChI=1S/C20H29N7O2/c1-15(28)18-21-6-5-17(23-18)27-9-8-26(14-20(27,2)3)16-4-7-22-19(24-16)25-10-12-29-13-11-25/h4-7,15,28H,8-14H2,1-3H3. The van der Waals surface area contributed by atoms with Crippen LogP contribution in [0.4, 0.5) is 17.6 Å². The number of morpholine rings is 1. The van der Waals surface area contributed by atoms with Gasteiger partial charge in [0, 0.05) is 45.1 Å². The molecular weight excluding hydrogens is 370 g/mol. The minimum Gasteiger partial charge on any atom is -0.385 e. The number of aliphatic hydroxyl groups excluding tert-OH is 1. The Morgan fingerprint density at radius 3 is 2.41 bits per heavy atom. The van der Waals surface area contributed by atoms with E-state index in [-0.39, 0.29) is 5.54 Å². The molecule has 2 aliphatic rings. The Kier molecular flexibility index (Phi) is 5.51. The van der Waals surface area contributed by atoms with Gasteiger partial charge in [0.15, 0.2) is 5.82 Å². The second-order valence-corrected chi connectivity index (χ2v) is 8.15. The van der Waals surface area contributed by atoms with Crippen LogP contribution in [0.25, 0.3) is 0 Å². The fraction of sp³-hybridized carbons (Fsp3) is 0.600. The van der Waals surface area contributed by atoms with E-state index in [1.807, 2.05) is 18.3 Å². The largest absolute Gasteiger partial charge is 0.385 e. The summed E-state index contributed by atoms with van der Waals surface area (Å²) in [6.07, 6.45) is 2.87. The SMILES string of the molecule is CC(O)c1nccc(N2CCN(c3ccnc(N4CCOCC4)n3)CC2(C)C)n1. The van der Waals surface area contributed by atoms with Gasteiger partial charge < -0.3 is 24.5 Å². The summed E-state index contributed by atoms with van der Waals surface area (Å²) in [6.45, 7) is 11.6. The van der Waals surface area contributed by atoms with Gasteiger partial charge in [0.25, 0.3) is 0 Å². The number of nitrogens with zero attached hydrogens (tertiary/aromatic N) is 7. The number of aromatic nitrogens is 4. The molecule has 2 fully saturated rings. The van der Waals surface area contributed by atoms with E-state index in [4.69, 9.17) is 9.72 Å². The van der Waals surface area contributed by atoms with E-state index >= 15 is 0 Å². The van der Waals surface area contributed by atoms with Crippen LogP contribution in [0.1, 0.15) is 32.7 Å². The maximum Gasteiger partial charge on any atom is 0.227 e. The summed E-state index contributed by atoms with van der Waals surface area (Å²) in [6, 6.07) is 3.89. The van der Waals surface area contributed by atoms with Crippen molar-refractivity contribution in [3.8, 4) is 0 Å². The molecule has 4 heterocycles. The number of hydrogen-bond acceptors (Lipinski definition) is 9. The predicted octanol–water partition coefficient (Wildman–Crippen LogP) is 1.26. The van der Waals surface area contributed by atoms with Crippen molar-refractivity contribution in [3.05, 3.63) is 30.4 Å². The molecule has 0 bridgehead atoms. The number of anilines is 3. The second kappa shape index (κ2) is 8.08. The van der Waals surface area contributed by atoms with Crippen LogP contribution in [0.5, 0.6) is 0 Å². The number of hydrogen-bond donors (Lipinski definition) is 1. The molecule has 29 heavy (non-hydrogen) atoms. The van der Waals surface area contributed by atoms with Gasteiger partial charge in [0.2, 0.25) is 5.95 Å². The molecule has 1 unspecified atom stereocenters. The van der Waals surface area contributed by atoms with Crippen LogP contribution >= 0.6 is 0 Å². The minimum absolute atomic E-state index is 0.160. The molecule has 0 aromatic carbocycles. The highest BCUT2D eigenvalue weighted by Crippen LogP contribution is 2.29. The zero-order valence-electron chi connectivity index (χ0n) is 17.3. The first-order valence-electron chi connectivity index (χ1n) is 10.1. The van der Waals surface area contributed by atoms with Crippen molar-refractivity contribution in [3.63, 3.8) is 0 Å². The van der Waals surface area contributed by atoms with Crippen LogP contribution in [-0.4, -0.2) is 76.5 Å². The highest BCUT2D eigenvalue weighted by molar-refractivity contribution is 5.50. The van der Waals surface area contributed by atoms with Gasteiger partial charge in [-0.25, -0.2) is 15.0 Å². The number of rotatable bonds is 4. The van der Waals surface area contributed by atoms with Gasteiger partial charge in [-0.05, 0) is 32.9 Å².